The molecular formula is C30H31F7N4O5S. The summed E-state index contributed by atoms with van der Waals surface area (Å²) in [5, 5.41) is 3.02. The summed E-state index contributed by atoms with van der Waals surface area (Å²) in [6.45, 7) is 1.37. The summed E-state index contributed by atoms with van der Waals surface area (Å²) in [5.41, 5.74) is -1.85. The van der Waals surface area contributed by atoms with E-state index in [1.54, 1.807) is 0 Å². The number of sulfone groups is 1. The second-order valence-corrected chi connectivity index (χ2v) is 13.3. The number of ether oxygens (including phenoxy) is 1. The molecule has 1 N–H and O–H groups in total. The molecule has 0 radical (unpaired) electrons. The van der Waals surface area contributed by atoms with Gasteiger partial charge in [-0.1, -0.05) is 13.0 Å². The highest BCUT2D eigenvalue weighted by atomic mass is 32.2. The first-order chi connectivity index (χ1) is 21.9. The lowest BCUT2D eigenvalue weighted by Crippen LogP contribution is -2.42. The molecule has 1 amide bonds. The van der Waals surface area contributed by atoms with Crippen LogP contribution in [0.25, 0.3) is 5.69 Å². The van der Waals surface area contributed by atoms with E-state index in [-0.39, 0.29) is 34.4 Å². The lowest BCUT2D eigenvalue weighted by atomic mass is 10.1. The van der Waals surface area contributed by atoms with Crippen LogP contribution < -0.4 is 15.6 Å². The van der Waals surface area contributed by atoms with E-state index in [1.165, 1.54) is 38.1 Å². The van der Waals surface area contributed by atoms with Gasteiger partial charge in [0.2, 0.25) is 5.91 Å². The minimum atomic E-state index is -5.03. The van der Waals surface area contributed by atoms with Crippen molar-refractivity contribution in [2.75, 3.05) is 36.5 Å². The third-order valence-electron chi connectivity index (χ3n) is 7.53. The number of aromatic nitrogens is 2. The monoisotopic (exact) mass is 692 g/mol. The van der Waals surface area contributed by atoms with Crippen molar-refractivity contribution in [1.82, 2.24) is 14.5 Å². The smallest absolute Gasteiger partial charge is 0.422 e. The fraction of sp³-hybridized carbons (Fsp3) is 0.433. The first-order valence-corrected chi connectivity index (χ1v) is 16.3. The van der Waals surface area contributed by atoms with Gasteiger partial charge in [0.1, 0.15) is 23.2 Å². The molecule has 0 bridgehead atoms. The highest BCUT2D eigenvalue weighted by Gasteiger charge is 2.35. The van der Waals surface area contributed by atoms with Crippen LogP contribution in [0.4, 0.5) is 36.6 Å². The molecule has 1 aliphatic rings. The Hall–Kier alpha value is -4.15. The van der Waals surface area contributed by atoms with Crippen molar-refractivity contribution in [2.45, 2.75) is 51.5 Å². The summed E-state index contributed by atoms with van der Waals surface area (Å²) in [7, 11) is -3.66. The van der Waals surface area contributed by atoms with Crippen molar-refractivity contribution in [1.29, 1.82) is 0 Å². The molecule has 17 heteroatoms. The third-order valence-corrected chi connectivity index (χ3v) is 9.22. The standard InChI is InChI=1S/C30H31F7N4O5S/c1-3-47(44,45)14-13-40(25(42)16-19-6-11-24(31)23(15-19)30(35,36)37)18(2)27-39-26-22(5-4-12-38-26)28(43)41(27)20-7-9-21(10-8-20)46-17-29(32,33)34/h6-11,15,18,38H,3-5,12-14,16-17H2,1-2H3/t18-/m1/s1. The molecule has 1 atom stereocenters. The minimum Gasteiger partial charge on any atom is -0.484 e. The number of benzene rings is 2. The van der Waals surface area contributed by atoms with Gasteiger partial charge < -0.3 is 15.0 Å². The van der Waals surface area contributed by atoms with E-state index in [2.05, 4.69) is 10.3 Å². The first-order valence-electron chi connectivity index (χ1n) is 14.5. The molecule has 0 saturated heterocycles. The van der Waals surface area contributed by atoms with Crippen LogP contribution in [0.3, 0.4) is 0 Å². The van der Waals surface area contributed by atoms with Crippen LogP contribution in [0.1, 0.15) is 48.8 Å². The van der Waals surface area contributed by atoms with Gasteiger partial charge in [-0.2, -0.15) is 26.3 Å². The van der Waals surface area contributed by atoms with Crippen LogP contribution >= 0.6 is 0 Å². The zero-order valence-corrected chi connectivity index (χ0v) is 26.0. The minimum absolute atomic E-state index is 0.0514. The molecule has 4 rings (SSSR count). The van der Waals surface area contributed by atoms with E-state index in [1.807, 2.05) is 0 Å². The summed E-state index contributed by atoms with van der Waals surface area (Å²) in [4.78, 5) is 33.2. The third kappa shape index (κ3) is 8.81. The van der Waals surface area contributed by atoms with Crippen molar-refractivity contribution >= 4 is 21.6 Å². The van der Waals surface area contributed by atoms with Gasteiger partial charge in [-0.3, -0.25) is 14.2 Å². The Kier molecular flexibility index (Phi) is 10.6. The van der Waals surface area contributed by atoms with E-state index in [0.29, 0.717) is 37.1 Å². The molecule has 9 nitrogen and oxygen atoms in total. The van der Waals surface area contributed by atoms with Gasteiger partial charge in [0, 0.05) is 18.8 Å². The molecule has 0 saturated carbocycles. The number of alkyl halides is 6. The Morgan fingerprint density at radius 1 is 1.11 bits per heavy atom. The van der Waals surface area contributed by atoms with Crippen molar-refractivity contribution in [3.63, 3.8) is 0 Å². The Balaban J connectivity index is 1.79. The number of hydrogen-bond donors (Lipinski definition) is 1. The Bertz CT molecular complexity index is 1780. The fourth-order valence-corrected chi connectivity index (χ4v) is 5.80. The van der Waals surface area contributed by atoms with Crippen molar-refractivity contribution in [3.05, 3.63) is 81.2 Å². The van der Waals surface area contributed by atoms with Crippen LogP contribution in [0.15, 0.2) is 47.3 Å². The largest absolute Gasteiger partial charge is 0.484 e. The summed E-state index contributed by atoms with van der Waals surface area (Å²) in [5.74, 6) is -3.10. The summed E-state index contributed by atoms with van der Waals surface area (Å²) in [6.07, 6.45) is -9.34. The maximum atomic E-state index is 13.9. The highest BCUT2D eigenvalue weighted by Crippen LogP contribution is 2.33. The predicted octanol–water partition coefficient (Wildman–Crippen LogP) is 5.26. The number of anilines is 1. The normalized spacial score (nSPS) is 14.2. The van der Waals surface area contributed by atoms with E-state index in [9.17, 15) is 48.7 Å². The molecule has 0 spiro atoms. The number of nitrogens with one attached hydrogen (secondary N) is 1. The number of hydrogen-bond acceptors (Lipinski definition) is 7. The van der Waals surface area contributed by atoms with Crippen LogP contribution in [0, 0.1) is 5.82 Å². The molecule has 0 aliphatic carbocycles. The van der Waals surface area contributed by atoms with Gasteiger partial charge >= 0.3 is 12.4 Å². The summed E-state index contributed by atoms with van der Waals surface area (Å²) in [6, 6.07) is 5.99. The molecule has 2 heterocycles. The first kappa shape index (κ1) is 35.7. The zero-order valence-electron chi connectivity index (χ0n) is 25.2. The average Bonchev–Trinajstić information content (AvgIpc) is 3.00. The van der Waals surface area contributed by atoms with Crippen LogP contribution in [0.2, 0.25) is 0 Å². The molecule has 256 valence electrons. The number of halogens is 7. The fourth-order valence-electron chi connectivity index (χ4n) is 5.03. The number of carbonyl (C=O) groups is 1. The summed E-state index contributed by atoms with van der Waals surface area (Å²) < 4.78 is 123. The van der Waals surface area contributed by atoms with Gasteiger partial charge in [0.25, 0.3) is 5.56 Å². The van der Waals surface area contributed by atoms with Crippen LogP contribution in [-0.4, -0.2) is 66.2 Å². The Labute approximate surface area is 265 Å². The van der Waals surface area contributed by atoms with E-state index in [0.717, 1.165) is 15.5 Å². The molecule has 3 aromatic rings. The zero-order chi connectivity index (χ0) is 34.7. The number of amides is 1. The predicted molar refractivity (Wildman–Crippen MR) is 158 cm³/mol. The van der Waals surface area contributed by atoms with Gasteiger partial charge in [0.05, 0.1) is 35.0 Å². The molecule has 2 aromatic carbocycles. The van der Waals surface area contributed by atoms with Gasteiger partial charge in [-0.25, -0.2) is 17.8 Å². The lowest BCUT2D eigenvalue weighted by Gasteiger charge is -2.32. The number of fused-ring (bicyclic) bond motifs is 1. The quantitative estimate of drug-likeness (QED) is 0.273. The second kappa shape index (κ2) is 13.9. The molecular weight excluding hydrogens is 661 g/mol. The molecule has 47 heavy (non-hydrogen) atoms. The molecule has 1 aromatic heterocycles. The topological polar surface area (TPSA) is 111 Å². The van der Waals surface area contributed by atoms with E-state index in [4.69, 9.17) is 4.74 Å². The number of rotatable bonds is 11. The maximum Gasteiger partial charge on any atom is 0.422 e. The maximum absolute atomic E-state index is 13.9. The Morgan fingerprint density at radius 2 is 1.79 bits per heavy atom. The van der Waals surface area contributed by atoms with E-state index >= 15 is 0 Å². The van der Waals surface area contributed by atoms with Gasteiger partial charge in [-0.05, 0) is 61.7 Å². The SMILES string of the molecule is CCS(=O)(=O)CCN(C(=O)Cc1ccc(F)c(C(F)(F)F)c1)[C@H](C)c1nc2c(c(=O)n1-c1ccc(OCC(F)(F)F)cc1)CCCN2. The Morgan fingerprint density at radius 3 is 2.40 bits per heavy atom. The number of nitrogens with zero attached hydrogens (tertiary/aromatic N) is 3. The summed E-state index contributed by atoms with van der Waals surface area (Å²) >= 11 is 0. The highest BCUT2D eigenvalue weighted by molar-refractivity contribution is 7.91. The van der Waals surface area contributed by atoms with Crippen molar-refractivity contribution < 1.29 is 48.7 Å². The average molecular weight is 693 g/mol. The van der Waals surface area contributed by atoms with Crippen molar-refractivity contribution in [3.8, 4) is 11.4 Å². The molecule has 0 fully saturated rings. The van der Waals surface area contributed by atoms with Crippen LogP contribution in [0.5, 0.6) is 5.75 Å². The second-order valence-electron chi connectivity index (χ2n) is 10.9. The molecule has 0 unspecified atom stereocenters. The number of carbonyl (C=O) groups excluding carboxylic acids is 1. The lowest BCUT2D eigenvalue weighted by molar-refractivity contribution is -0.153. The van der Waals surface area contributed by atoms with Crippen LogP contribution in [-0.2, 0) is 33.6 Å². The van der Waals surface area contributed by atoms with Gasteiger partial charge in [-0.15, -0.1) is 0 Å². The van der Waals surface area contributed by atoms with E-state index < -0.39 is 76.4 Å². The van der Waals surface area contributed by atoms with Crippen molar-refractivity contribution in [2.24, 2.45) is 0 Å². The van der Waals surface area contributed by atoms with Gasteiger partial charge in [0.15, 0.2) is 16.4 Å². The molecule has 1 aliphatic heterocycles.